The van der Waals surface area contributed by atoms with Crippen molar-refractivity contribution in [2.24, 2.45) is 5.92 Å². The monoisotopic (exact) mass is 209 g/mol. The minimum absolute atomic E-state index is 0.0284. The highest BCUT2D eigenvalue weighted by Gasteiger charge is 2.12. The largest absolute Gasteiger partial charge is 0.294 e. The van der Waals surface area contributed by atoms with E-state index in [4.69, 9.17) is 5.26 Å². The van der Waals surface area contributed by atoms with Gasteiger partial charge in [-0.05, 0) is 19.1 Å². The Morgan fingerprint density at radius 3 is 2.40 bits per heavy atom. The molecule has 1 atom stereocenters. The molecule has 0 saturated heterocycles. The molecule has 0 N–H and O–H groups in total. The van der Waals surface area contributed by atoms with Crippen molar-refractivity contribution in [3.05, 3.63) is 35.4 Å². The van der Waals surface area contributed by atoms with Gasteiger partial charge in [0.15, 0.2) is 5.78 Å². The molecule has 2 nitrogen and oxygen atoms in total. The lowest BCUT2D eigenvalue weighted by Crippen LogP contribution is -2.05. The first-order chi connectivity index (χ1) is 7.02. The fraction of sp³-hybridized carbons (Fsp3) is 0.273. The first-order valence-corrected chi connectivity index (χ1v) is 4.42. The van der Waals surface area contributed by atoms with E-state index in [0.717, 1.165) is 12.1 Å². The fourth-order valence-electron chi connectivity index (χ4n) is 1.16. The molecular formula is C11H9F2NO. The molecule has 1 aromatic carbocycles. The van der Waals surface area contributed by atoms with Crippen LogP contribution in [0.15, 0.2) is 18.2 Å². The topological polar surface area (TPSA) is 40.9 Å². The molecule has 1 rings (SSSR count). The Hall–Kier alpha value is -1.76. The van der Waals surface area contributed by atoms with Gasteiger partial charge in [-0.3, -0.25) is 4.79 Å². The summed E-state index contributed by atoms with van der Waals surface area (Å²) < 4.78 is 25.5. The maximum atomic E-state index is 12.8. The summed E-state index contributed by atoms with van der Waals surface area (Å²) >= 11 is 0. The van der Waals surface area contributed by atoms with E-state index in [-0.39, 0.29) is 12.0 Å². The second kappa shape index (κ2) is 4.65. The van der Waals surface area contributed by atoms with Gasteiger partial charge in [-0.25, -0.2) is 8.78 Å². The van der Waals surface area contributed by atoms with E-state index in [1.54, 1.807) is 6.92 Å². The molecular weight excluding hydrogens is 200 g/mol. The summed E-state index contributed by atoms with van der Waals surface area (Å²) in [4.78, 5) is 11.4. The average Bonchev–Trinajstić information content (AvgIpc) is 2.16. The number of hydrogen-bond acceptors (Lipinski definition) is 2. The second-order valence-electron chi connectivity index (χ2n) is 3.32. The van der Waals surface area contributed by atoms with E-state index in [1.807, 2.05) is 6.07 Å². The predicted octanol–water partition coefficient (Wildman–Crippen LogP) is 2.70. The molecule has 15 heavy (non-hydrogen) atoms. The van der Waals surface area contributed by atoms with Gasteiger partial charge in [0.1, 0.15) is 11.6 Å². The minimum Gasteiger partial charge on any atom is -0.294 e. The van der Waals surface area contributed by atoms with E-state index in [0.29, 0.717) is 6.07 Å². The van der Waals surface area contributed by atoms with Crippen LogP contribution >= 0.6 is 0 Å². The van der Waals surface area contributed by atoms with Crippen molar-refractivity contribution in [2.75, 3.05) is 0 Å². The Balaban J connectivity index is 2.88. The molecule has 0 aliphatic heterocycles. The van der Waals surface area contributed by atoms with E-state index in [9.17, 15) is 13.6 Å². The van der Waals surface area contributed by atoms with E-state index >= 15 is 0 Å². The van der Waals surface area contributed by atoms with Gasteiger partial charge in [0.05, 0.1) is 12.0 Å². The minimum atomic E-state index is -0.789. The fourth-order valence-corrected chi connectivity index (χ4v) is 1.16. The number of halogens is 2. The summed E-state index contributed by atoms with van der Waals surface area (Å²) in [6.07, 6.45) is -0.0284. The first kappa shape index (κ1) is 11.3. The Kier molecular flexibility index (Phi) is 3.51. The first-order valence-electron chi connectivity index (χ1n) is 4.42. The standard InChI is InChI=1S/C11H9F2NO/c1-7(6-14)2-11(15)8-3-9(12)5-10(13)4-8/h3-5,7H,2H2,1H3. The summed E-state index contributed by atoms with van der Waals surface area (Å²) in [5.74, 6) is -2.46. The van der Waals surface area contributed by atoms with Crippen molar-refractivity contribution in [1.29, 1.82) is 5.26 Å². The van der Waals surface area contributed by atoms with Gasteiger partial charge in [0.25, 0.3) is 0 Å². The number of carbonyl (C=O) groups is 1. The van der Waals surface area contributed by atoms with Crippen LogP contribution in [-0.2, 0) is 0 Å². The number of Topliss-reactive ketones (excluding diaryl/α,β-unsaturated/α-hetero) is 1. The number of nitrogens with zero attached hydrogens (tertiary/aromatic N) is 1. The zero-order valence-electron chi connectivity index (χ0n) is 8.13. The van der Waals surface area contributed by atoms with E-state index in [1.165, 1.54) is 0 Å². The maximum absolute atomic E-state index is 12.8. The van der Waals surface area contributed by atoms with Crippen LogP contribution in [0.5, 0.6) is 0 Å². The Morgan fingerprint density at radius 2 is 1.93 bits per heavy atom. The van der Waals surface area contributed by atoms with Gasteiger partial charge in [-0.15, -0.1) is 0 Å². The van der Waals surface area contributed by atoms with E-state index < -0.39 is 23.3 Å². The molecule has 0 aromatic heterocycles. The van der Waals surface area contributed by atoms with Crippen LogP contribution in [0.25, 0.3) is 0 Å². The molecule has 4 heteroatoms. The van der Waals surface area contributed by atoms with Crippen molar-refractivity contribution in [3.8, 4) is 6.07 Å². The molecule has 0 amide bonds. The maximum Gasteiger partial charge on any atom is 0.164 e. The number of ketones is 1. The molecule has 1 aromatic rings. The van der Waals surface area contributed by atoms with Crippen molar-refractivity contribution in [2.45, 2.75) is 13.3 Å². The van der Waals surface area contributed by atoms with Crippen LogP contribution in [-0.4, -0.2) is 5.78 Å². The van der Waals surface area contributed by atoms with Crippen LogP contribution in [0.3, 0.4) is 0 Å². The van der Waals surface area contributed by atoms with Gasteiger partial charge >= 0.3 is 0 Å². The summed E-state index contributed by atoms with van der Waals surface area (Å²) in [5, 5.41) is 8.49. The quantitative estimate of drug-likeness (QED) is 0.718. The zero-order valence-corrected chi connectivity index (χ0v) is 8.13. The van der Waals surface area contributed by atoms with Crippen LogP contribution < -0.4 is 0 Å². The second-order valence-corrected chi connectivity index (χ2v) is 3.32. The molecule has 0 aliphatic carbocycles. The highest BCUT2D eigenvalue weighted by molar-refractivity contribution is 5.96. The molecule has 0 spiro atoms. The third kappa shape index (κ3) is 3.13. The summed E-state index contributed by atoms with van der Waals surface area (Å²) in [5.41, 5.74) is -0.0328. The molecule has 0 heterocycles. The summed E-state index contributed by atoms with van der Waals surface area (Å²) in [6, 6.07) is 4.52. The normalized spacial score (nSPS) is 11.9. The Labute approximate surface area is 86.1 Å². The lowest BCUT2D eigenvalue weighted by Gasteiger charge is -2.02. The highest BCUT2D eigenvalue weighted by atomic mass is 19.1. The molecule has 0 aliphatic rings. The van der Waals surface area contributed by atoms with Gasteiger partial charge in [-0.2, -0.15) is 5.26 Å². The van der Waals surface area contributed by atoms with Crippen LogP contribution in [0, 0.1) is 28.9 Å². The number of rotatable bonds is 3. The van der Waals surface area contributed by atoms with Crippen molar-refractivity contribution < 1.29 is 13.6 Å². The Morgan fingerprint density at radius 1 is 1.40 bits per heavy atom. The molecule has 1 unspecified atom stereocenters. The molecule has 0 fully saturated rings. The van der Waals surface area contributed by atoms with E-state index in [2.05, 4.69) is 0 Å². The summed E-state index contributed by atoms with van der Waals surface area (Å²) in [6.45, 7) is 1.58. The molecule has 78 valence electrons. The van der Waals surface area contributed by atoms with Crippen LogP contribution in [0.2, 0.25) is 0 Å². The predicted molar refractivity (Wildman–Crippen MR) is 50.1 cm³/mol. The van der Waals surface area contributed by atoms with Gasteiger partial charge in [-0.1, -0.05) is 0 Å². The summed E-state index contributed by atoms with van der Waals surface area (Å²) in [7, 11) is 0. The van der Waals surface area contributed by atoms with Crippen molar-refractivity contribution >= 4 is 5.78 Å². The SMILES string of the molecule is CC(C#N)CC(=O)c1cc(F)cc(F)c1. The third-order valence-electron chi connectivity index (χ3n) is 1.90. The van der Waals surface area contributed by atoms with Gasteiger partial charge in [0, 0.05) is 18.1 Å². The van der Waals surface area contributed by atoms with Gasteiger partial charge in [0.2, 0.25) is 0 Å². The van der Waals surface area contributed by atoms with Crippen molar-refractivity contribution in [1.82, 2.24) is 0 Å². The van der Waals surface area contributed by atoms with Crippen LogP contribution in [0.4, 0.5) is 8.78 Å². The molecule has 0 saturated carbocycles. The number of hydrogen-bond donors (Lipinski definition) is 0. The van der Waals surface area contributed by atoms with Crippen LogP contribution in [0.1, 0.15) is 23.7 Å². The number of nitriles is 1. The lowest BCUT2D eigenvalue weighted by molar-refractivity contribution is 0.0972. The smallest absolute Gasteiger partial charge is 0.164 e. The molecule has 0 bridgehead atoms. The Bertz CT molecular complexity index is 403. The number of carbonyl (C=O) groups excluding carboxylic acids is 1. The number of benzene rings is 1. The zero-order chi connectivity index (χ0) is 11.4. The molecule has 0 radical (unpaired) electrons. The third-order valence-corrected chi connectivity index (χ3v) is 1.90. The highest BCUT2D eigenvalue weighted by Crippen LogP contribution is 2.12. The average molecular weight is 209 g/mol. The lowest BCUT2D eigenvalue weighted by atomic mass is 10.0. The van der Waals surface area contributed by atoms with Gasteiger partial charge < -0.3 is 0 Å². The van der Waals surface area contributed by atoms with Crippen molar-refractivity contribution in [3.63, 3.8) is 0 Å².